The van der Waals surface area contributed by atoms with Gasteiger partial charge in [0.1, 0.15) is 11.8 Å². The SMILES string of the molecule is Cc1cc(CCc2cc(Br)cnc2C#N)c(C)c(C)c1C. The molecule has 0 spiro atoms. The van der Waals surface area contributed by atoms with Crippen molar-refractivity contribution in [3.05, 3.63) is 61.9 Å². The van der Waals surface area contributed by atoms with E-state index in [4.69, 9.17) is 5.26 Å². The Morgan fingerprint density at radius 1 is 1.00 bits per heavy atom. The van der Waals surface area contributed by atoms with Gasteiger partial charge in [-0.05, 0) is 95.9 Å². The third-order valence-corrected chi connectivity index (χ3v) is 4.73. The van der Waals surface area contributed by atoms with Crippen LogP contribution in [-0.4, -0.2) is 4.98 Å². The molecule has 2 nitrogen and oxygen atoms in total. The van der Waals surface area contributed by atoms with Crippen LogP contribution in [0.25, 0.3) is 0 Å². The third-order valence-electron chi connectivity index (χ3n) is 4.29. The molecule has 3 heteroatoms. The van der Waals surface area contributed by atoms with Crippen LogP contribution >= 0.6 is 15.9 Å². The first-order chi connectivity index (χ1) is 9.93. The molecular weight excluding hydrogens is 324 g/mol. The Bertz CT molecular complexity index is 727. The summed E-state index contributed by atoms with van der Waals surface area (Å²) in [6.07, 6.45) is 3.44. The maximum Gasteiger partial charge on any atom is 0.143 e. The molecule has 0 saturated carbocycles. The Morgan fingerprint density at radius 2 is 1.67 bits per heavy atom. The van der Waals surface area contributed by atoms with E-state index in [0.29, 0.717) is 5.69 Å². The number of hydrogen-bond acceptors (Lipinski definition) is 2. The fraction of sp³-hybridized carbons (Fsp3) is 0.333. The van der Waals surface area contributed by atoms with Gasteiger partial charge in [-0.25, -0.2) is 4.98 Å². The largest absolute Gasteiger partial charge is 0.244 e. The summed E-state index contributed by atoms with van der Waals surface area (Å²) in [6, 6.07) is 6.44. The average molecular weight is 343 g/mol. The number of aromatic nitrogens is 1. The molecule has 1 aromatic heterocycles. The van der Waals surface area contributed by atoms with Crippen molar-refractivity contribution in [3.8, 4) is 6.07 Å². The van der Waals surface area contributed by atoms with E-state index in [1.807, 2.05) is 6.07 Å². The fourth-order valence-corrected chi connectivity index (χ4v) is 2.98. The number of nitrogens with zero attached hydrogens (tertiary/aromatic N) is 2. The number of hydrogen-bond donors (Lipinski definition) is 0. The van der Waals surface area contributed by atoms with Crippen molar-refractivity contribution < 1.29 is 0 Å². The molecule has 0 aliphatic carbocycles. The predicted molar refractivity (Wildman–Crippen MR) is 89.5 cm³/mol. The van der Waals surface area contributed by atoms with Crippen molar-refractivity contribution in [1.82, 2.24) is 4.98 Å². The van der Waals surface area contributed by atoms with Gasteiger partial charge in [0.25, 0.3) is 0 Å². The molecule has 0 aliphatic rings. The van der Waals surface area contributed by atoms with E-state index in [-0.39, 0.29) is 0 Å². The number of pyridine rings is 1. The van der Waals surface area contributed by atoms with Gasteiger partial charge in [-0.1, -0.05) is 6.07 Å². The average Bonchev–Trinajstić information content (AvgIpc) is 2.47. The van der Waals surface area contributed by atoms with Gasteiger partial charge in [-0.15, -0.1) is 0 Å². The molecule has 1 aromatic carbocycles. The molecule has 1 heterocycles. The Morgan fingerprint density at radius 3 is 2.33 bits per heavy atom. The first-order valence-corrected chi connectivity index (χ1v) is 7.84. The lowest BCUT2D eigenvalue weighted by Crippen LogP contribution is -2.02. The second-order valence-electron chi connectivity index (χ2n) is 5.50. The van der Waals surface area contributed by atoms with Gasteiger partial charge in [0.15, 0.2) is 0 Å². The van der Waals surface area contributed by atoms with Crippen LogP contribution in [0.3, 0.4) is 0 Å². The maximum absolute atomic E-state index is 9.16. The molecule has 21 heavy (non-hydrogen) atoms. The molecule has 2 aromatic rings. The maximum atomic E-state index is 9.16. The minimum absolute atomic E-state index is 0.524. The normalized spacial score (nSPS) is 10.5. The fourth-order valence-electron chi connectivity index (χ4n) is 2.60. The highest BCUT2D eigenvalue weighted by Gasteiger charge is 2.09. The molecule has 2 rings (SSSR count). The van der Waals surface area contributed by atoms with Crippen molar-refractivity contribution in [1.29, 1.82) is 5.26 Å². The molecule has 0 aliphatic heterocycles. The van der Waals surface area contributed by atoms with E-state index in [1.165, 1.54) is 27.8 Å². The first kappa shape index (κ1) is 15.7. The van der Waals surface area contributed by atoms with E-state index in [9.17, 15) is 0 Å². The lowest BCUT2D eigenvalue weighted by Gasteiger charge is -2.14. The van der Waals surface area contributed by atoms with Crippen LogP contribution in [0.4, 0.5) is 0 Å². The highest BCUT2D eigenvalue weighted by atomic mass is 79.9. The third kappa shape index (κ3) is 3.33. The summed E-state index contributed by atoms with van der Waals surface area (Å²) >= 11 is 3.43. The molecule has 108 valence electrons. The Balaban J connectivity index is 2.29. The summed E-state index contributed by atoms with van der Waals surface area (Å²) in [4.78, 5) is 4.17. The highest BCUT2D eigenvalue weighted by molar-refractivity contribution is 9.10. The van der Waals surface area contributed by atoms with Crippen LogP contribution in [0.15, 0.2) is 22.8 Å². The standard InChI is InChI=1S/C18H19BrN2/c1-11-7-15(14(4)13(3)12(11)2)5-6-16-8-17(19)10-21-18(16)9-20/h7-8,10H,5-6H2,1-4H3. The topological polar surface area (TPSA) is 36.7 Å². The van der Waals surface area contributed by atoms with Crippen LogP contribution in [-0.2, 0) is 12.8 Å². The summed E-state index contributed by atoms with van der Waals surface area (Å²) in [5, 5.41) is 9.16. The Kier molecular flexibility index (Phi) is 4.80. The van der Waals surface area contributed by atoms with Crippen molar-refractivity contribution in [2.45, 2.75) is 40.5 Å². The molecule has 0 bridgehead atoms. The number of benzene rings is 1. The molecule has 0 unspecified atom stereocenters. The van der Waals surface area contributed by atoms with Gasteiger partial charge >= 0.3 is 0 Å². The van der Waals surface area contributed by atoms with Crippen LogP contribution in [0.1, 0.15) is 39.1 Å². The molecule has 0 amide bonds. The zero-order chi connectivity index (χ0) is 15.6. The first-order valence-electron chi connectivity index (χ1n) is 7.04. The molecule has 0 fully saturated rings. The summed E-state index contributed by atoms with van der Waals surface area (Å²) in [5.74, 6) is 0. The summed E-state index contributed by atoms with van der Waals surface area (Å²) in [7, 11) is 0. The van der Waals surface area contributed by atoms with Crippen molar-refractivity contribution in [2.24, 2.45) is 0 Å². The number of rotatable bonds is 3. The predicted octanol–water partition coefficient (Wildman–Crippen LogP) is 4.73. The lowest BCUT2D eigenvalue weighted by molar-refractivity contribution is 0.923. The number of aryl methyl sites for hydroxylation is 3. The van der Waals surface area contributed by atoms with E-state index in [0.717, 1.165) is 22.9 Å². The van der Waals surface area contributed by atoms with Crippen molar-refractivity contribution >= 4 is 15.9 Å². The second kappa shape index (κ2) is 6.41. The lowest BCUT2D eigenvalue weighted by atomic mass is 9.91. The van der Waals surface area contributed by atoms with Gasteiger partial charge in [0.05, 0.1) is 0 Å². The summed E-state index contributed by atoms with van der Waals surface area (Å²) < 4.78 is 0.921. The highest BCUT2D eigenvalue weighted by Crippen LogP contribution is 2.23. The minimum Gasteiger partial charge on any atom is -0.244 e. The zero-order valence-electron chi connectivity index (χ0n) is 12.9. The van der Waals surface area contributed by atoms with E-state index in [2.05, 4.69) is 60.7 Å². The van der Waals surface area contributed by atoms with E-state index in [1.54, 1.807) is 6.20 Å². The molecule has 0 saturated heterocycles. The summed E-state index contributed by atoms with van der Waals surface area (Å²) in [6.45, 7) is 8.70. The molecule has 0 N–H and O–H groups in total. The number of nitriles is 1. The van der Waals surface area contributed by atoms with Gasteiger partial charge in [0, 0.05) is 10.7 Å². The van der Waals surface area contributed by atoms with Gasteiger partial charge in [-0.2, -0.15) is 5.26 Å². The van der Waals surface area contributed by atoms with E-state index >= 15 is 0 Å². The molecule has 0 radical (unpaired) electrons. The minimum atomic E-state index is 0.524. The van der Waals surface area contributed by atoms with E-state index < -0.39 is 0 Å². The van der Waals surface area contributed by atoms with Crippen LogP contribution in [0, 0.1) is 39.0 Å². The van der Waals surface area contributed by atoms with Crippen LogP contribution in [0.5, 0.6) is 0 Å². The quantitative estimate of drug-likeness (QED) is 0.807. The summed E-state index contributed by atoms with van der Waals surface area (Å²) in [5.41, 5.74) is 8.33. The van der Waals surface area contributed by atoms with Gasteiger partial charge in [-0.3, -0.25) is 0 Å². The Hall–Kier alpha value is -1.66. The van der Waals surface area contributed by atoms with Crippen LogP contribution < -0.4 is 0 Å². The van der Waals surface area contributed by atoms with Gasteiger partial charge in [0.2, 0.25) is 0 Å². The zero-order valence-corrected chi connectivity index (χ0v) is 14.5. The monoisotopic (exact) mass is 342 g/mol. The smallest absolute Gasteiger partial charge is 0.143 e. The Labute approximate surface area is 135 Å². The molecular formula is C18H19BrN2. The van der Waals surface area contributed by atoms with Gasteiger partial charge < -0.3 is 0 Å². The van der Waals surface area contributed by atoms with Crippen molar-refractivity contribution in [3.63, 3.8) is 0 Å². The van der Waals surface area contributed by atoms with Crippen molar-refractivity contribution in [2.75, 3.05) is 0 Å². The van der Waals surface area contributed by atoms with Crippen LogP contribution in [0.2, 0.25) is 0 Å². The number of halogens is 1. The molecule has 0 atom stereocenters. The second-order valence-corrected chi connectivity index (χ2v) is 6.42.